The van der Waals surface area contributed by atoms with Crippen LogP contribution in [-0.2, 0) is 14.3 Å². The molecule has 2 heterocycles. The third kappa shape index (κ3) is 2.95. The smallest absolute Gasteiger partial charge is 0.241 e. The van der Waals surface area contributed by atoms with Gasteiger partial charge in [0.25, 0.3) is 0 Å². The number of likely N-dealkylation sites (tertiary alicyclic amines) is 1. The Bertz CT molecular complexity index is 298. The quantitative estimate of drug-likeness (QED) is 0.631. The van der Waals surface area contributed by atoms with Crippen molar-refractivity contribution in [3.05, 3.63) is 0 Å². The molecule has 0 aromatic rings. The maximum Gasteiger partial charge on any atom is 0.241 e. The van der Waals surface area contributed by atoms with Gasteiger partial charge in [-0.25, -0.2) is 0 Å². The first kappa shape index (κ1) is 12.3. The fourth-order valence-electron chi connectivity index (χ4n) is 2.29. The number of methoxy groups -OCH3 is 1. The molecule has 2 fully saturated rings. The maximum absolute atomic E-state index is 12.2. The molecule has 0 aliphatic carbocycles. The highest BCUT2D eigenvalue weighted by molar-refractivity contribution is 5.86. The van der Waals surface area contributed by atoms with Gasteiger partial charge < -0.3 is 15.0 Å². The predicted molar refractivity (Wildman–Crippen MR) is 61.4 cm³/mol. The van der Waals surface area contributed by atoms with Gasteiger partial charge in [0, 0.05) is 26.7 Å². The van der Waals surface area contributed by atoms with Crippen LogP contribution >= 0.6 is 0 Å². The molecule has 0 aromatic heterocycles. The fraction of sp³-hybridized carbons (Fsp3) is 0.818. The van der Waals surface area contributed by atoms with Gasteiger partial charge in [-0.1, -0.05) is 0 Å². The zero-order valence-corrected chi connectivity index (χ0v) is 10.1. The summed E-state index contributed by atoms with van der Waals surface area (Å²) < 4.78 is 5.29. The van der Waals surface area contributed by atoms with Crippen LogP contribution in [0.15, 0.2) is 0 Å². The van der Waals surface area contributed by atoms with Gasteiger partial charge >= 0.3 is 0 Å². The number of nitrogens with one attached hydrogen (secondary N) is 2. The van der Waals surface area contributed by atoms with Gasteiger partial charge in [0.1, 0.15) is 6.04 Å². The van der Waals surface area contributed by atoms with Crippen molar-refractivity contribution in [1.29, 1.82) is 0 Å². The van der Waals surface area contributed by atoms with Crippen molar-refractivity contribution in [2.24, 2.45) is 0 Å². The molecular formula is C11H19N3O3. The minimum Gasteiger partial charge on any atom is -0.380 e. The number of hydrogen-bond donors (Lipinski definition) is 2. The standard InChI is InChI=1S/C11H19N3O3/c1-17-8-3-2-4-14(7-8)11(16)9-5-13-10(15)6-12-9/h8-9,12H,2-7H2,1H3,(H,13,15). The molecule has 17 heavy (non-hydrogen) atoms. The summed E-state index contributed by atoms with van der Waals surface area (Å²) in [5.41, 5.74) is 0. The van der Waals surface area contributed by atoms with Crippen molar-refractivity contribution in [3.8, 4) is 0 Å². The van der Waals surface area contributed by atoms with Crippen molar-refractivity contribution in [3.63, 3.8) is 0 Å². The number of piperidine rings is 1. The van der Waals surface area contributed by atoms with Crippen LogP contribution in [0.5, 0.6) is 0 Å². The highest BCUT2D eigenvalue weighted by Gasteiger charge is 2.30. The molecule has 2 atom stereocenters. The van der Waals surface area contributed by atoms with Crippen LogP contribution in [-0.4, -0.2) is 62.1 Å². The van der Waals surface area contributed by atoms with Crippen LogP contribution in [0, 0.1) is 0 Å². The molecule has 0 spiro atoms. The molecule has 6 heteroatoms. The van der Waals surface area contributed by atoms with E-state index < -0.39 is 0 Å². The number of hydrogen-bond acceptors (Lipinski definition) is 4. The number of carbonyl (C=O) groups is 2. The molecule has 2 N–H and O–H groups in total. The summed E-state index contributed by atoms with van der Waals surface area (Å²) in [5.74, 6) is 0.00853. The molecule has 2 rings (SSSR count). The molecule has 0 bridgehead atoms. The van der Waals surface area contributed by atoms with E-state index in [1.807, 2.05) is 4.90 Å². The number of rotatable bonds is 2. The van der Waals surface area contributed by atoms with E-state index in [0.717, 1.165) is 19.4 Å². The summed E-state index contributed by atoms with van der Waals surface area (Å²) in [7, 11) is 1.68. The van der Waals surface area contributed by atoms with E-state index >= 15 is 0 Å². The Balaban J connectivity index is 1.88. The van der Waals surface area contributed by atoms with Gasteiger partial charge in [0.2, 0.25) is 11.8 Å². The van der Waals surface area contributed by atoms with Gasteiger partial charge in [0.05, 0.1) is 12.6 Å². The first-order valence-electron chi connectivity index (χ1n) is 6.02. The lowest BCUT2D eigenvalue weighted by molar-refractivity contribution is -0.138. The van der Waals surface area contributed by atoms with E-state index in [-0.39, 0.29) is 30.5 Å². The second kappa shape index (κ2) is 5.46. The van der Waals surface area contributed by atoms with Crippen molar-refractivity contribution in [1.82, 2.24) is 15.5 Å². The van der Waals surface area contributed by atoms with E-state index in [4.69, 9.17) is 4.74 Å². The SMILES string of the molecule is COC1CCCN(C(=O)C2CNC(=O)CN2)C1. The number of amides is 2. The highest BCUT2D eigenvalue weighted by atomic mass is 16.5. The molecule has 96 valence electrons. The Labute approximate surface area is 101 Å². The number of nitrogens with zero attached hydrogens (tertiary/aromatic N) is 1. The lowest BCUT2D eigenvalue weighted by Crippen LogP contribution is -2.60. The van der Waals surface area contributed by atoms with E-state index in [1.54, 1.807) is 7.11 Å². The molecule has 2 aliphatic heterocycles. The summed E-state index contributed by atoms with van der Waals surface area (Å²) in [6.45, 7) is 2.04. The van der Waals surface area contributed by atoms with Crippen molar-refractivity contribution in [2.75, 3.05) is 33.3 Å². The Morgan fingerprint density at radius 1 is 1.53 bits per heavy atom. The van der Waals surface area contributed by atoms with Crippen LogP contribution in [0.4, 0.5) is 0 Å². The van der Waals surface area contributed by atoms with Gasteiger partial charge in [-0.05, 0) is 12.8 Å². The van der Waals surface area contributed by atoms with Crippen LogP contribution < -0.4 is 10.6 Å². The molecule has 0 saturated carbocycles. The lowest BCUT2D eigenvalue weighted by Gasteiger charge is -2.35. The summed E-state index contributed by atoms with van der Waals surface area (Å²) >= 11 is 0. The minimum atomic E-state index is -0.289. The Kier molecular flexibility index (Phi) is 3.96. The van der Waals surface area contributed by atoms with Crippen molar-refractivity contribution >= 4 is 11.8 Å². The van der Waals surface area contributed by atoms with Crippen molar-refractivity contribution in [2.45, 2.75) is 25.0 Å². The summed E-state index contributed by atoms with van der Waals surface area (Å²) in [6, 6.07) is -0.289. The summed E-state index contributed by atoms with van der Waals surface area (Å²) in [4.78, 5) is 25.0. The first-order chi connectivity index (χ1) is 8.20. The normalized spacial score (nSPS) is 29.9. The van der Waals surface area contributed by atoms with Gasteiger partial charge in [-0.3, -0.25) is 14.9 Å². The molecule has 0 radical (unpaired) electrons. The van der Waals surface area contributed by atoms with Crippen LogP contribution in [0.25, 0.3) is 0 Å². The fourth-order valence-corrected chi connectivity index (χ4v) is 2.29. The highest BCUT2D eigenvalue weighted by Crippen LogP contribution is 2.13. The topological polar surface area (TPSA) is 70.7 Å². The average molecular weight is 241 g/mol. The van der Waals surface area contributed by atoms with E-state index in [9.17, 15) is 9.59 Å². The van der Waals surface area contributed by atoms with E-state index in [2.05, 4.69) is 10.6 Å². The van der Waals surface area contributed by atoms with Gasteiger partial charge in [0.15, 0.2) is 0 Å². The predicted octanol–water partition coefficient (Wildman–Crippen LogP) is -1.29. The zero-order valence-electron chi connectivity index (χ0n) is 10.1. The van der Waals surface area contributed by atoms with Gasteiger partial charge in [-0.15, -0.1) is 0 Å². The second-order valence-electron chi connectivity index (χ2n) is 4.52. The van der Waals surface area contributed by atoms with Crippen molar-refractivity contribution < 1.29 is 14.3 Å². The molecular weight excluding hydrogens is 222 g/mol. The third-order valence-electron chi connectivity index (χ3n) is 3.33. The molecule has 0 aromatic carbocycles. The van der Waals surface area contributed by atoms with Crippen LogP contribution in [0.3, 0.4) is 0 Å². The van der Waals surface area contributed by atoms with Crippen LogP contribution in [0.2, 0.25) is 0 Å². The largest absolute Gasteiger partial charge is 0.380 e. The number of piperazine rings is 1. The van der Waals surface area contributed by atoms with E-state index in [1.165, 1.54) is 0 Å². The average Bonchev–Trinajstić information content (AvgIpc) is 2.39. The van der Waals surface area contributed by atoms with Gasteiger partial charge in [-0.2, -0.15) is 0 Å². The molecule has 2 aliphatic rings. The third-order valence-corrected chi connectivity index (χ3v) is 3.33. The summed E-state index contributed by atoms with van der Waals surface area (Å²) in [6.07, 6.45) is 2.13. The Hall–Kier alpha value is -1.14. The molecule has 2 unspecified atom stereocenters. The lowest BCUT2D eigenvalue weighted by atomic mass is 10.1. The monoisotopic (exact) mass is 241 g/mol. The maximum atomic E-state index is 12.2. The second-order valence-corrected chi connectivity index (χ2v) is 4.52. The Morgan fingerprint density at radius 3 is 3.00 bits per heavy atom. The minimum absolute atomic E-state index is 0.0533. The molecule has 2 amide bonds. The summed E-state index contributed by atoms with van der Waals surface area (Å²) in [5, 5.41) is 5.65. The van der Waals surface area contributed by atoms with Crippen LogP contribution in [0.1, 0.15) is 12.8 Å². The Morgan fingerprint density at radius 2 is 2.35 bits per heavy atom. The first-order valence-corrected chi connectivity index (χ1v) is 6.02. The number of ether oxygens (including phenoxy) is 1. The molecule has 6 nitrogen and oxygen atoms in total. The molecule has 2 saturated heterocycles. The van der Waals surface area contributed by atoms with E-state index in [0.29, 0.717) is 13.1 Å². The number of carbonyl (C=O) groups excluding carboxylic acids is 2. The zero-order chi connectivity index (χ0) is 12.3.